The van der Waals surface area contributed by atoms with Crippen molar-refractivity contribution >= 4 is 17.5 Å². The first-order valence-corrected chi connectivity index (χ1v) is 8.63. The average Bonchev–Trinajstić information content (AvgIpc) is 3.32. The van der Waals surface area contributed by atoms with Crippen molar-refractivity contribution in [3.63, 3.8) is 0 Å². The quantitative estimate of drug-likeness (QED) is 0.905. The van der Waals surface area contributed by atoms with Gasteiger partial charge in [-0.3, -0.25) is 19.6 Å². The lowest BCUT2D eigenvalue weighted by molar-refractivity contribution is -0.122. The van der Waals surface area contributed by atoms with Gasteiger partial charge in [0, 0.05) is 44.6 Å². The molecule has 25 heavy (non-hydrogen) atoms. The van der Waals surface area contributed by atoms with Gasteiger partial charge in [-0.05, 0) is 24.6 Å². The molecule has 2 amide bonds. The number of piperazine rings is 1. The molecule has 0 aliphatic carbocycles. The average molecular weight is 339 g/mol. The molecule has 1 atom stereocenters. The summed E-state index contributed by atoms with van der Waals surface area (Å²) in [5, 5.41) is 6.55. The highest BCUT2D eigenvalue weighted by molar-refractivity contribution is 5.99. The highest BCUT2D eigenvalue weighted by Gasteiger charge is 2.38. The van der Waals surface area contributed by atoms with Crippen molar-refractivity contribution in [3.8, 4) is 0 Å². The number of anilines is 1. The Balaban J connectivity index is 1.37. The van der Waals surface area contributed by atoms with E-state index in [9.17, 15) is 9.59 Å². The first kappa shape index (κ1) is 15.8. The fourth-order valence-electron chi connectivity index (χ4n) is 3.65. The summed E-state index contributed by atoms with van der Waals surface area (Å²) in [4.78, 5) is 31.0. The van der Waals surface area contributed by atoms with E-state index in [1.165, 1.54) is 0 Å². The Morgan fingerprint density at radius 1 is 1.04 bits per heavy atom. The molecule has 0 bridgehead atoms. The number of para-hydroxylation sites is 1. The van der Waals surface area contributed by atoms with Crippen LogP contribution in [0.2, 0.25) is 0 Å². The van der Waals surface area contributed by atoms with E-state index in [4.69, 9.17) is 0 Å². The zero-order valence-corrected chi connectivity index (χ0v) is 14.0. The molecule has 0 saturated carbocycles. The van der Waals surface area contributed by atoms with E-state index in [2.05, 4.69) is 15.1 Å². The van der Waals surface area contributed by atoms with E-state index in [1.807, 2.05) is 40.1 Å². The predicted molar refractivity (Wildman–Crippen MR) is 93.3 cm³/mol. The van der Waals surface area contributed by atoms with Crippen LogP contribution in [0.1, 0.15) is 16.9 Å². The molecule has 1 aromatic heterocycles. The zero-order chi connectivity index (χ0) is 17.2. The standard InChI is InChI=1S/C18H21N5O2/c24-17(15-6-8-19-20-15)22-12-10-21(11-13-22)16-7-9-23(18(16)25)14-4-2-1-3-5-14/h1-6,8,16H,7,9-13H2,(H,19,20)/t16-/m0/s1. The molecule has 2 aliphatic rings. The zero-order valence-electron chi connectivity index (χ0n) is 14.0. The van der Waals surface area contributed by atoms with Gasteiger partial charge in [-0.25, -0.2) is 0 Å². The highest BCUT2D eigenvalue weighted by Crippen LogP contribution is 2.25. The minimum Gasteiger partial charge on any atom is -0.335 e. The van der Waals surface area contributed by atoms with E-state index < -0.39 is 0 Å². The SMILES string of the molecule is O=C(c1ccn[nH]1)N1CCN([C@H]2CCN(c3ccccc3)C2=O)CC1. The number of H-pyrrole nitrogens is 1. The van der Waals surface area contributed by atoms with Crippen LogP contribution in [-0.2, 0) is 4.79 Å². The molecule has 130 valence electrons. The lowest BCUT2D eigenvalue weighted by Crippen LogP contribution is -2.53. The summed E-state index contributed by atoms with van der Waals surface area (Å²) in [5.41, 5.74) is 1.48. The summed E-state index contributed by atoms with van der Waals surface area (Å²) >= 11 is 0. The number of aromatic nitrogens is 2. The van der Waals surface area contributed by atoms with Crippen LogP contribution in [0.3, 0.4) is 0 Å². The molecule has 7 nitrogen and oxygen atoms in total. The molecule has 1 aromatic carbocycles. The Kier molecular flexibility index (Phi) is 4.23. The number of carbonyl (C=O) groups excluding carboxylic acids is 2. The number of nitrogens with zero attached hydrogens (tertiary/aromatic N) is 4. The molecule has 2 saturated heterocycles. The molecule has 0 radical (unpaired) electrons. The molecule has 3 heterocycles. The Labute approximate surface area is 146 Å². The number of benzene rings is 1. The van der Waals surface area contributed by atoms with E-state index in [1.54, 1.807) is 12.3 Å². The summed E-state index contributed by atoms with van der Waals surface area (Å²) in [5.74, 6) is 0.139. The van der Waals surface area contributed by atoms with Gasteiger partial charge in [0.05, 0.1) is 6.04 Å². The number of amides is 2. The summed E-state index contributed by atoms with van der Waals surface area (Å²) in [6, 6.07) is 11.4. The predicted octanol–water partition coefficient (Wildman–Crippen LogP) is 0.973. The maximum Gasteiger partial charge on any atom is 0.271 e. The molecule has 0 spiro atoms. The van der Waals surface area contributed by atoms with Gasteiger partial charge in [0.1, 0.15) is 5.69 Å². The van der Waals surface area contributed by atoms with Gasteiger partial charge in [0.15, 0.2) is 0 Å². The van der Waals surface area contributed by atoms with Gasteiger partial charge in [0.25, 0.3) is 5.91 Å². The number of hydrogen-bond acceptors (Lipinski definition) is 4. The molecule has 1 N–H and O–H groups in total. The van der Waals surface area contributed by atoms with Crippen LogP contribution in [0.4, 0.5) is 5.69 Å². The Hall–Kier alpha value is -2.67. The third kappa shape index (κ3) is 3.02. The van der Waals surface area contributed by atoms with Gasteiger partial charge in [0.2, 0.25) is 5.91 Å². The van der Waals surface area contributed by atoms with Crippen molar-refractivity contribution < 1.29 is 9.59 Å². The maximum absolute atomic E-state index is 12.8. The van der Waals surface area contributed by atoms with Crippen LogP contribution in [0, 0.1) is 0 Å². The van der Waals surface area contributed by atoms with Crippen LogP contribution in [0.15, 0.2) is 42.6 Å². The summed E-state index contributed by atoms with van der Waals surface area (Å²) in [7, 11) is 0. The van der Waals surface area contributed by atoms with E-state index in [0.29, 0.717) is 18.8 Å². The van der Waals surface area contributed by atoms with Gasteiger partial charge in [-0.15, -0.1) is 0 Å². The number of nitrogens with one attached hydrogen (secondary N) is 1. The third-order valence-corrected chi connectivity index (χ3v) is 5.02. The van der Waals surface area contributed by atoms with Crippen molar-refractivity contribution in [3.05, 3.63) is 48.3 Å². The summed E-state index contributed by atoms with van der Waals surface area (Å²) in [6.07, 6.45) is 2.42. The van der Waals surface area contributed by atoms with E-state index >= 15 is 0 Å². The molecule has 0 unspecified atom stereocenters. The second-order valence-corrected chi connectivity index (χ2v) is 6.43. The molecule has 7 heteroatoms. The fraction of sp³-hybridized carbons (Fsp3) is 0.389. The van der Waals surface area contributed by atoms with Crippen LogP contribution < -0.4 is 4.90 Å². The van der Waals surface area contributed by atoms with Crippen LogP contribution in [0.5, 0.6) is 0 Å². The number of rotatable bonds is 3. The van der Waals surface area contributed by atoms with Crippen LogP contribution in [-0.4, -0.2) is 70.6 Å². The minimum absolute atomic E-state index is 0.0270. The van der Waals surface area contributed by atoms with Gasteiger partial charge < -0.3 is 9.80 Å². The topological polar surface area (TPSA) is 72.5 Å². The van der Waals surface area contributed by atoms with Crippen molar-refractivity contribution in [2.24, 2.45) is 0 Å². The van der Waals surface area contributed by atoms with Crippen molar-refractivity contribution in [2.75, 3.05) is 37.6 Å². The molecular formula is C18H21N5O2. The normalized spacial score (nSPS) is 21.8. The second kappa shape index (κ2) is 6.68. The number of carbonyl (C=O) groups is 2. The molecule has 4 rings (SSSR count). The first-order chi connectivity index (χ1) is 12.2. The van der Waals surface area contributed by atoms with Gasteiger partial charge in [-0.1, -0.05) is 18.2 Å². The van der Waals surface area contributed by atoms with E-state index in [-0.39, 0.29) is 17.9 Å². The number of aromatic amines is 1. The van der Waals surface area contributed by atoms with Crippen LogP contribution >= 0.6 is 0 Å². The molecular weight excluding hydrogens is 318 g/mol. The smallest absolute Gasteiger partial charge is 0.271 e. The van der Waals surface area contributed by atoms with Crippen LogP contribution in [0.25, 0.3) is 0 Å². The van der Waals surface area contributed by atoms with Crippen molar-refractivity contribution in [1.29, 1.82) is 0 Å². The second-order valence-electron chi connectivity index (χ2n) is 6.43. The van der Waals surface area contributed by atoms with Gasteiger partial charge >= 0.3 is 0 Å². The lowest BCUT2D eigenvalue weighted by atomic mass is 10.1. The third-order valence-electron chi connectivity index (χ3n) is 5.02. The molecule has 2 aromatic rings. The Morgan fingerprint density at radius 3 is 2.48 bits per heavy atom. The number of hydrogen-bond donors (Lipinski definition) is 1. The highest BCUT2D eigenvalue weighted by atomic mass is 16.2. The molecule has 2 aliphatic heterocycles. The summed E-state index contributed by atoms with van der Waals surface area (Å²) in [6.45, 7) is 3.46. The van der Waals surface area contributed by atoms with E-state index in [0.717, 1.165) is 31.7 Å². The largest absolute Gasteiger partial charge is 0.335 e. The van der Waals surface area contributed by atoms with Crippen molar-refractivity contribution in [1.82, 2.24) is 20.0 Å². The minimum atomic E-state index is -0.0791. The Morgan fingerprint density at radius 2 is 1.80 bits per heavy atom. The monoisotopic (exact) mass is 339 g/mol. The summed E-state index contributed by atoms with van der Waals surface area (Å²) < 4.78 is 0. The van der Waals surface area contributed by atoms with Gasteiger partial charge in [-0.2, -0.15) is 5.10 Å². The first-order valence-electron chi connectivity index (χ1n) is 8.63. The maximum atomic E-state index is 12.8. The molecule has 2 fully saturated rings. The van der Waals surface area contributed by atoms with Crippen molar-refractivity contribution in [2.45, 2.75) is 12.5 Å². The fourth-order valence-corrected chi connectivity index (χ4v) is 3.65. The Bertz CT molecular complexity index is 738. The lowest BCUT2D eigenvalue weighted by Gasteiger charge is -2.37.